The summed E-state index contributed by atoms with van der Waals surface area (Å²) < 4.78 is 15.0. The van der Waals surface area contributed by atoms with E-state index in [4.69, 9.17) is 11.6 Å². The number of alkyl halides is 1. The molecule has 3 aromatic rings. The molecule has 23 heavy (non-hydrogen) atoms. The van der Waals surface area contributed by atoms with E-state index in [2.05, 4.69) is 27.9 Å². The van der Waals surface area contributed by atoms with E-state index in [1.54, 1.807) is 18.3 Å². The van der Waals surface area contributed by atoms with Crippen molar-refractivity contribution in [1.29, 1.82) is 0 Å². The quantitative estimate of drug-likeness (QED) is 0.656. The summed E-state index contributed by atoms with van der Waals surface area (Å²) in [6.07, 6.45) is 0.420. The number of hydrogen-bond acceptors (Lipinski definition) is 3. The average Bonchev–Trinajstić information content (AvgIpc) is 3.12. The minimum atomic E-state index is -0.801. The van der Waals surface area contributed by atoms with Crippen molar-refractivity contribution in [3.8, 4) is 0 Å². The molecule has 6 heteroatoms. The summed E-state index contributed by atoms with van der Waals surface area (Å²) in [6.45, 7) is 4.33. The number of nitrogens with zero attached hydrogens (tertiary/aromatic N) is 2. The number of hydrogen-bond donors (Lipinski definition) is 1. The van der Waals surface area contributed by atoms with Gasteiger partial charge in [0.05, 0.1) is 17.4 Å². The summed E-state index contributed by atoms with van der Waals surface area (Å²) in [4.78, 5) is 1.26. The lowest BCUT2D eigenvalue weighted by Crippen LogP contribution is -2.03. The summed E-state index contributed by atoms with van der Waals surface area (Å²) in [5, 5.41) is 10.3. The normalized spacial score (nSPS) is 12.7. The minimum absolute atomic E-state index is 0.440. The molecule has 1 unspecified atom stereocenters. The lowest BCUT2D eigenvalue weighted by atomic mass is 10.1. The molecule has 0 bridgehead atoms. The Morgan fingerprint density at radius 1 is 1.43 bits per heavy atom. The van der Waals surface area contributed by atoms with Gasteiger partial charge in [-0.05, 0) is 49.8 Å². The molecule has 3 heterocycles. The van der Waals surface area contributed by atoms with Crippen molar-refractivity contribution < 1.29 is 4.39 Å². The molecule has 3 rings (SSSR count). The van der Waals surface area contributed by atoms with E-state index < -0.39 is 6.17 Å². The highest BCUT2D eigenvalue weighted by molar-refractivity contribution is 7.09. The van der Waals surface area contributed by atoms with E-state index in [0.717, 1.165) is 29.0 Å². The molecule has 3 aromatic heterocycles. The second-order valence-electron chi connectivity index (χ2n) is 5.69. The number of thiophene rings is 1. The second-order valence-corrected chi connectivity index (χ2v) is 7.10. The largest absolute Gasteiger partial charge is 0.378 e. The highest BCUT2D eigenvalue weighted by Gasteiger charge is 2.13. The molecule has 0 spiro atoms. The minimum Gasteiger partial charge on any atom is -0.378 e. The Hall–Kier alpha value is -1.59. The van der Waals surface area contributed by atoms with Crippen molar-refractivity contribution in [1.82, 2.24) is 9.61 Å². The predicted octanol–water partition coefficient (Wildman–Crippen LogP) is 5.26. The van der Waals surface area contributed by atoms with Crippen molar-refractivity contribution in [2.45, 2.75) is 39.4 Å². The summed E-state index contributed by atoms with van der Waals surface area (Å²) in [5.41, 5.74) is 4.05. The van der Waals surface area contributed by atoms with Crippen molar-refractivity contribution in [2.75, 3.05) is 5.32 Å². The zero-order valence-corrected chi connectivity index (χ0v) is 14.7. The van der Waals surface area contributed by atoms with Gasteiger partial charge in [0.1, 0.15) is 0 Å². The molecule has 0 saturated heterocycles. The van der Waals surface area contributed by atoms with Gasteiger partial charge in [-0.15, -0.1) is 11.3 Å². The Bertz CT molecular complexity index is 796. The lowest BCUT2D eigenvalue weighted by Gasteiger charge is -2.08. The van der Waals surface area contributed by atoms with E-state index in [9.17, 15) is 4.39 Å². The van der Waals surface area contributed by atoms with Crippen LogP contribution in [-0.2, 0) is 13.0 Å². The van der Waals surface area contributed by atoms with Crippen LogP contribution in [0.4, 0.5) is 10.1 Å². The van der Waals surface area contributed by atoms with Crippen molar-refractivity contribution in [3.63, 3.8) is 0 Å². The van der Waals surface area contributed by atoms with Gasteiger partial charge in [0.25, 0.3) is 0 Å². The third kappa shape index (κ3) is 3.67. The van der Waals surface area contributed by atoms with Crippen LogP contribution in [0.2, 0.25) is 5.15 Å². The standard InChI is InChI=1S/C17H19ClFN3S/c1-11(19)5-6-13-8-16-15(20-10-14-4-3-7-23-14)9-17(18)21-22(16)12(13)2/h3-4,7-9,11,20H,5-6,10H2,1-2H3. The molecular weight excluding hydrogens is 333 g/mol. The molecule has 0 aromatic carbocycles. The van der Waals surface area contributed by atoms with E-state index in [0.29, 0.717) is 18.0 Å². The highest BCUT2D eigenvalue weighted by atomic mass is 35.5. The van der Waals surface area contributed by atoms with Crippen LogP contribution >= 0.6 is 22.9 Å². The summed E-state index contributed by atoms with van der Waals surface area (Å²) in [5.74, 6) is 0. The Balaban J connectivity index is 1.92. The van der Waals surface area contributed by atoms with Gasteiger partial charge < -0.3 is 5.32 Å². The number of rotatable bonds is 6. The van der Waals surface area contributed by atoms with Crippen molar-refractivity contribution in [3.05, 3.63) is 50.9 Å². The fourth-order valence-corrected chi connectivity index (χ4v) is 3.46. The van der Waals surface area contributed by atoms with Gasteiger partial charge in [0.15, 0.2) is 5.15 Å². The van der Waals surface area contributed by atoms with Gasteiger partial charge in [-0.1, -0.05) is 17.7 Å². The molecule has 1 atom stereocenters. The number of anilines is 1. The number of nitrogens with one attached hydrogen (secondary N) is 1. The Morgan fingerprint density at radius 2 is 2.26 bits per heavy atom. The molecule has 1 N–H and O–H groups in total. The fourth-order valence-electron chi connectivity index (χ4n) is 2.63. The van der Waals surface area contributed by atoms with E-state index in [1.165, 1.54) is 4.88 Å². The topological polar surface area (TPSA) is 29.3 Å². The van der Waals surface area contributed by atoms with Crippen LogP contribution in [0.5, 0.6) is 0 Å². The van der Waals surface area contributed by atoms with Gasteiger partial charge in [0, 0.05) is 23.2 Å². The van der Waals surface area contributed by atoms with Crippen LogP contribution in [-0.4, -0.2) is 15.8 Å². The third-order valence-electron chi connectivity index (χ3n) is 3.90. The predicted molar refractivity (Wildman–Crippen MR) is 95.5 cm³/mol. The van der Waals surface area contributed by atoms with Crippen molar-refractivity contribution >= 4 is 34.1 Å². The molecule has 3 nitrogen and oxygen atoms in total. The summed E-state index contributed by atoms with van der Waals surface area (Å²) in [6, 6.07) is 8.05. The zero-order valence-electron chi connectivity index (χ0n) is 13.1. The SMILES string of the molecule is Cc1c(CCC(C)F)cc2c(NCc3cccs3)cc(Cl)nn12. The maximum atomic E-state index is 13.1. The lowest BCUT2D eigenvalue weighted by molar-refractivity contribution is 0.341. The summed E-state index contributed by atoms with van der Waals surface area (Å²) in [7, 11) is 0. The molecule has 0 radical (unpaired) electrons. The number of fused-ring (bicyclic) bond motifs is 1. The Kier molecular flexibility index (Phi) is 4.87. The average molecular weight is 352 g/mol. The fraction of sp³-hybridized carbons (Fsp3) is 0.353. The van der Waals surface area contributed by atoms with Crippen LogP contribution in [0.1, 0.15) is 29.5 Å². The smallest absolute Gasteiger partial charge is 0.152 e. The van der Waals surface area contributed by atoms with Gasteiger partial charge >= 0.3 is 0 Å². The van der Waals surface area contributed by atoms with E-state index in [-0.39, 0.29) is 0 Å². The monoisotopic (exact) mass is 351 g/mol. The molecule has 0 amide bonds. The van der Waals surface area contributed by atoms with Crippen LogP contribution in [0, 0.1) is 6.92 Å². The van der Waals surface area contributed by atoms with Gasteiger partial charge in [-0.2, -0.15) is 5.10 Å². The van der Waals surface area contributed by atoms with Gasteiger partial charge in [0.2, 0.25) is 0 Å². The Morgan fingerprint density at radius 3 is 2.96 bits per heavy atom. The van der Waals surface area contributed by atoms with E-state index in [1.807, 2.05) is 23.6 Å². The number of aromatic nitrogens is 2. The molecular formula is C17H19ClFN3S. The van der Waals surface area contributed by atoms with Crippen LogP contribution < -0.4 is 5.32 Å². The molecule has 0 saturated carbocycles. The zero-order chi connectivity index (χ0) is 16.4. The first-order valence-corrected chi connectivity index (χ1v) is 8.88. The number of halogens is 2. The second kappa shape index (κ2) is 6.89. The maximum absolute atomic E-state index is 13.1. The summed E-state index contributed by atoms with van der Waals surface area (Å²) >= 11 is 7.88. The molecule has 0 aliphatic carbocycles. The highest BCUT2D eigenvalue weighted by Crippen LogP contribution is 2.27. The maximum Gasteiger partial charge on any atom is 0.152 e. The van der Waals surface area contributed by atoms with Gasteiger partial charge in [-0.25, -0.2) is 8.91 Å². The first kappa shape index (κ1) is 16.3. The third-order valence-corrected chi connectivity index (χ3v) is 4.96. The van der Waals surface area contributed by atoms with Crippen molar-refractivity contribution in [2.24, 2.45) is 0 Å². The molecule has 0 aliphatic rings. The molecule has 0 aliphatic heterocycles. The van der Waals surface area contributed by atoms with E-state index >= 15 is 0 Å². The first-order valence-electron chi connectivity index (χ1n) is 7.62. The molecule has 0 fully saturated rings. The van der Waals surface area contributed by atoms with Crippen LogP contribution in [0.15, 0.2) is 29.6 Å². The first-order chi connectivity index (χ1) is 11.0. The van der Waals surface area contributed by atoms with Crippen LogP contribution in [0.25, 0.3) is 5.52 Å². The Labute approximate surface area is 144 Å². The number of aryl methyl sites for hydroxylation is 2. The van der Waals surface area contributed by atoms with Gasteiger partial charge in [-0.3, -0.25) is 0 Å². The van der Waals surface area contributed by atoms with Crippen LogP contribution in [0.3, 0.4) is 0 Å². The molecule has 122 valence electrons.